The maximum atomic E-state index is 6.55. The molecule has 1 aliphatic rings. The fourth-order valence-electron chi connectivity index (χ4n) is 3.62. The third-order valence-electron chi connectivity index (χ3n) is 5.17. The number of benzene rings is 1. The van der Waals surface area contributed by atoms with Gasteiger partial charge in [-0.2, -0.15) is 5.10 Å². The summed E-state index contributed by atoms with van der Waals surface area (Å²) >= 11 is 6.55. The van der Waals surface area contributed by atoms with Crippen LogP contribution in [0.2, 0.25) is 5.02 Å². The van der Waals surface area contributed by atoms with E-state index in [-0.39, 0.29) is 6.04 Å². The van der Waals surface area contributed by atoms with Crippen LogP contribution in [0.5, 0.6) is 0 Å². The number of likely N-dealkylation sites (N-methyl/N-ethyl adjacent to an activating group) is 1. The molecule has 0 radical (unpaired) electrons. The summed E-state index contributed by atoms with van der Waals surface area (Å²) in [6.07, 6.45) is 3.79. The lowest BCUT2D eigenvalue weighted by atomic mass is 10.0. The molecule has 0 spiro atoms. The lowest BCUT2D eigenvalue weighted by Gasteiger charge is -2.38. The Morgan fingerprint density at radius 2 is 1.88 bits per heavy atom. The standard InChI is InChI=1S/C20H24ClN5/c1-24-11-13-25(14-12-24)20(16-5-2-3-6-17(16)21)15-22-18-8-9-23-26-10-4-7-19(18)26/h2-10,20,22H,11-15H2,1H3. The van der Waals surface area contributed by atoms with Gasteiger partial charge in [-0.05, 0) is 36.9 Å². The topological polar surface area (TPSA) is 35.8 Å². The third-order valence-corrected chi connectivity index (χ3v) is 5.51. The number of hydrogen-bond acceptors (Lipinski definition) is 4. The van der Waals surface area contributed by atoms with Crippen molar-refractivity contribution >= 4 is 22.8 Å². The summed E-state index contributed by atoms with van der Waals surface area (Å²) in [7, 11) is 2.18. The Bertz CT molecular complexity index is 869. The molecule has 4 rings (SSSR count). The van der Waals surface area contributed by atoms with E-state index in [1.165, 1.54) is 5.56 Å². The van der Waals surface area contributed by atoms with Crippen LogP contribution in [0, 0.1) is 0 Å². The minimum atomic E-state index is 0.237. The molecule has 0 amide bonds. The van der Waals surface area contributed by atoms with Crippen molar-refractivity contribution in [3.63, 3.8) is 0 Å². The second-order valence-corrected chi connectivity index (χ2v) is 7.25. The average Bonchev–Trinajstić information content (AvgIpc) is 3.14. The molecule has 1 fully saturated rings. The van der Waals surface area contributed by atoms with Crippen LogP contribution in [0.1, 0.15) is 11.6 Å². The fourth-order valence-corrected chi connectivity index (χ4v) is 3.88. The summed E-state index contributed by atoms with van der Waals surface area (Å²) in [5, 5.41) is 8.81. The number of aromatic nitrogens is 2. The number of anilines is 1. The SMILES string of the molecule is CN1CCN(C(CNc2ccnn3cccc23)c2ccccc2Cl)CC1. The van der Waals surface area contributed by atoms with E-state index in [0.29, 0.717) is 0 Å². The fraction of sp³-hybridized carbons (Fsp3) is 0.350. The van der Waals surface area contributed by atoms with Crippen LogP contribution in [0.15, 0.2) is 54.9 Å². The van der Waals surface area contributed by atoms with E-state index < -0.39 is 0 Å². The van der Waals surface area contributed by atoms with Crippen LogP contribution in [-0.2, 0) is 0 Å². The molecule has 3 heterocycles. The smallest absolute Gasteiger partial charge is 0.0877 e. The molecular weight excluding hydrogens is 346 g/mol. The van der Waals surface area contributed by atoms with Crippen molar-refractivity contribution in [1.82, 2.24) is 19.4 Å². The second kappa shape index (κ2) is 7.66. The summed E-state index contributed by atoms with van der Waals surface area (Å²) in [4.78, 5) is 4.91. The Morgan fingerprint density at radius 1 is 1.08 bits per heavy atom. The van der Waals surface area contributed by atoms with E-state index in [2.05, 4.69) is 45.5 Å². The molecule has 2 aromatic heterocycles. The van der Waals surface area contributed by atoms with Crippen LogP contribution < -0.4 is 5.32 Å². The number of fused-ring (bicyclic) bond motifs is 1. The highest BCUT2D eigenvalue weighted by molar-refractivity contribution is 6.31. The summed E-state index contributed by atoms with van der Waals surface area (Å²) in [5.41, 5.74) is 3.37. The van der Waals surface area contributed by atoms with Crippen LogP contribution in [0.3, 0.4) is 0 Å². The van der Waals surface area contributed by atoms with E-state index in [0.717, 1.165) is 49.0 Å². The van der Waals surface area contributed by atoms with Gasteiger partial charge in [-0.1, -0.05) is 29.8 Å². The van der Waals surface area contributed by atoms with E-state index in [9.17, 15) is 0 Å². The van der Waals surface area contributed by atoms with Crippen molar-refractivity contribution in [2.24, 2.45) is 0 Å². The molecule has 1 N–H and O–H groups in total. The lowest BCUT2D eigenvalue weighted by molar-refractivity contribution is 0.116. The first-order valence-electron chi connectivity index (χ1n) is 9.05. The molecule has 0 aliphatic carbocycles. The highest BCUT2D eigenvalue weighted by atomic mass is 35.5. The summed E-state index contributed by atoms with van der Waals surface area (Å²) in [6, 6.07) is 14.6. The van der Waals surface area contributed by atoms with Crippen LogP contribution in [0.25, 0.3) is 5.52 Å². The monoisotopic (exact) mass is 369 g/mol. The van der Waals surface area contributed by atoms with E-state index >= 15 is 0 Å². The van der Waals surface area contributed by atoms with Gasteiger partial charge in [0.05, 0.1) is 17.2 Å². The molecule has 136 valence electrons. The van der Waals surface area contributed by atoms with Gasteiger partial charge in [0.15, 0.2) is 0 Å². The number of rotatable bonds is 5. The molecule has 1 unspecified atom stereocenters. The zero-order chi connectivity index (χ0) is 17.9. The number of piperazine rings is 1. The molecule has 26 heavy (non-hydrogen) atoms. The molecule has 0 bridgehead atoms. The first-order chi connectivity index (χ1) is 12.7. The Balaban J connectivity index is 1.59. The molecule has 1 aromatic carbocycles. The number of hydrogen-bond donors (Lipinski definition) is 1. The molecule has 6 heteroatoms. The lowest BCUT2D eigenvalue weighted by Crippen LogP contribution is -2.47. The second-order valence-electron chi connectivity index (χ2n) is 6.84. The van der Waals surface area contributed by atoms with Gasteiger partial charge < -0.3 is 10.2 Å². The minimum absolute atomic E-state index is 0.237. The van der Waals surface area contributed by atoms with Gasteiger partial charge in [0.25, 0.3) is 0 Å². The normalized spacial score (nSPS) is 17.5. The van der Waals surface area contributed by atoms with Crippen LogP contribution in [0.4, 0.5) is 5.69 Å². The van der Waals surface area contributed by atoms with Gasteiger partial charge in [0.2, 0.25) is 0 Å². The summed E-state index contributed by atoms with van der Waals surface area (Å²) < 4.78 is 1.89. The maximum Gasteiger partial charge on any atom is 0.0877 e. The van der Waals surface area contributed by atoms with E-state index in [1.807, 2.05) is 41.2 Å². The number of nitrogens with one attached hydrogen (secondary N) is 1. The van der Waals surface area contributed by atoms with Crippen molar-refractivity contribution in [1.29, 1.82) is 0 Å². The Labute approximate surface area is 159 Å². The zero-order valence-corrected chi connectivity index (χ0v) is 15.7. The summed E-state index contributed by atoms with van der Waals surface area (Å²) in [5.74, 6) is 0. The van der Waals surface area contributed by atoms with Crippen molar-refractivity contribution in [3.8, 4) is 0 Å². The zero-order valence-electron chi connectivity index (χ0n) is 15.0. The number of nitrogens with zero attached hydrogens (tertiary/aromatic N) is 4. The first-order valence-corrected chi connectivity index (χ1v) is 9.43. The van der Waals surface area contributed by atoms with Crippen LogP contribution >= 0.6 is 11.6 Å². The van der Waals surface area contributed by atoms with E-state index in [4.69, 9.17) is 11.6 Å². The maximum absolute atomic E-state index is 6.55. The quantitative estimate of drug-likeness (QED) is 0.747. The molecular formula is C20H24ClN5. The first kappa shape index (κ1) is 17.3. The van der Waals surface area contributed by atoms with Gasteiger partial charge in [-0.25, -0.2) is 4.52 Å². The van der Waals surface area contributed by atoms with Gasteiger partial charge in [-0.3, -0.25) is 4.90 Å². The highest BCUT2D eigenvalue weighted by Crippen LogP contribution is 2.29. The largest absolute Gasteiger partial charge is 0.381 e. The minimum Gasteiger partial charge on any atom is -0.381 e. The van der Waals surface area contributed by atoms with Crippen LogP contribution in [-0.4, -0.2) is 59.2 Å². The van der Waals surface area contributed by atoms with Crippen molar-refractivity contribution in [2.75, 3.05) is 45.1 Å². The van der Waals surface area contributed by atoms with Gasteiger partial charge in [-0.15, -0.1) is 0 Å². The van der Waals surface area contributed by atoms with Gasteiger partial charge >= 0.3 is 0 Å². The Hall–Kier alpha value is -2.08. The summed E-state index contributed by atoms with van der Waals surface area (Å²) in [6.45, 7) is 5.06. The predicted molar refractivity (Wildman–Crippen MR) is 107 cm³/mol. The molecule has 1 atom stereocenters. The van der Waals surface area contributed by atoms with Crippen molar-refractivity contribution < 1.29 is 0 Å². The number of halogens is 1. The van der Waals surface area contributed by atoms with Gasteiger partial charge in [0, 0.05) is 50.1 Å². The Kier molecular flexibility index (Phi) is 5.11. The Morgan fingerprint density at radius 3 is 2.69 bits per heavy atom. The molecule has 0 saturated carbocycles. The van der Waals surface area contributed by atoms with Gasteiger partial charge in [0.1, 0.15) is 0 Å². The predicted octanol–water partition coefficient (Wildman–Crippen LogP) is 3.39. The van der Waals surface area contributed by atoms with E-state index in [1.54, 1.807) is 0 Å². The third kappa shape index (κ3) is 3.56. The molecule has 1 aliphatic heterocycles. The molecule has 5 nitrogen and oxygen atoms in total. The molecule has 1 saturated heterocycles. The average molecular weight is 370 g/mol. The van der Waals surface area contributed by atoms with Crippen molar-refractivity contribution in [2.45, 2.75) is 6.04 Å². The molecule has 3 aromatic rings. The highest BCUT2D eigenvalue weighted by Gasteiger charge is 2.25. The van der Waals surface area contributed by atoms with Crippen molar-refractivity contribution in [3.05, 3.63) is 65.4 Å².